The van der Waals surface area contributed by atoms with Gasteiger partial charge in [0.1, 0.15) is 30.1 Å². The number of nitrogens with zero attached hydrogens (tertiary/aromatic N) is 2. The lowest BCUT2D eigenvalue weighted by molar-refractivity contribution is -0.162. The molecule has 0 spiro atoms. The number of thioether (sulfide) groups is 1. The third kappa shape index (κ3) is 17.7. The molecule has 2 aliphatic carbocycles. The maximum absolute atomic E-state index is 13.9. The lowest BCUT2D eigenvalue weighted by Gasteiger charge is -2.43. The Morgan fingerprint density at radius 3 is 1.12 bits per heavy atom. The van der Waals surface area contributed by atoms with Crippen molar-refractivity contribution in [3.8, 4) is 0 Å². The van der Waals surface area contributed by atoms with E-state index in [1.807, 2.05) is 58.0 Å². The molecule has 6 aromatic rings. The lowest BCUT2D eigenvalue weighted by atomic mass is 9.77. The third-order valence-electron chi connectivity index (χ3n) is 19.5. The highest BCUT2D eigenvalue weighted by Gasteiger charge is 2.56. The fourth-order valence-electron chi connectivity index (χ4n) is 15.3. The highest BCUT2D eigenvalue weighted by molar-refractivity contribution is 8.00. The Balaban J connectivity index is 0.000000221. The molecule has 12 rings (SSSR count). The first-order chi connectivity index (χ1) is 45.8. The third-order valence-corrected chi connectivity index (χ3v) is 21.5. The molecule has 518 valence electrons. The van der Waals surface area contributed by atoms with Gasteiger partial charge in [-0.15, -0.1) is 11.8 Å². The van der Waals surface area contributed by atoms with Gasteiger partial charge in [0, 0.05) is 49.9 Å². The minimum Gasteiger partial charge on any atom is -0.469 e. The Labute approximate surface area is 582 Å². The van der Waals surface area contributed by atoms with Crippen molar-refractivity contribution >= 4 is 72.0 Å². The van der Waals surface area contributed by atoms with Crippen LogP contribution in [0.2, 0.25) is 0 Å². The predicted molar refractivity (Wildman–Crippen MR) is 380 cm³/mol. The van der Waals surface area contributed by atoms with E-state index in [4.69, 9.17) is 28.4 Å². The highest BCUT2D eigenvalue weighted by Crippen LogP contribution is 2.50. The molecule has 4 heterocycles. The molecular weight excluding hydrogens is 1270 g/mol. The SMILES string of the molecule is C.C.C.COC(=O)[C@@H]1C2CCC(C2)C[C@@H]1OC(=O)c1ccccc1.COC(=O)[C@@H]1C2CCC(C[C@@H]1OC(=O)c1ccccc1)N2C(=O)CCCS.COC(=O)[C@@H]1C2CCC(C[C@@H]1OC(=O)c1ccccc1)N2C(=O)CCCSC(c1ccccc1)(c1ccccc1)c1ccccc1. The van der Waals surface area contributed by atoms with E-state index in [-0.39, 0.29) is 82.2 Å². The van der Waals surface area contributed by atoms with Crippen molar-refractivity contribution in [3.63, 3.8) is 0 Å². The Bertz CT molecular complexity index is 3420. The van der Waals surface area contributed by atoms with Gasteiger partial charge in [0.2, 0.25) is 11.8 Å². The fraction of sp³-hybridized carbons (Fsp3) is 0.443. The summed E-state index contributed by atoms with van der Waals surface area (Å²) in [6.07, 6.45) is 8.45. The Morgan fingerprint density at radius 1 is 0.423 bits per heavy atom. The molecule has 4 saturated heterocycles. The molecule has 6 bridgehead atoms. The Kier molecular flexibility index (Phi) is 28.6. The van der Waals surface area contributed by atoms with Crippen LogP contribution in [0.15, 0.2) is 182 Å². The van der Waals surface area contributed by atoms with E-state index >= 15 is 0 Å². The van der Waals surface area contributed by atoms with Crippen LogP contribution >= 0.6 is 24.4 Å². The Hall–Kier alpha value is -8.22. The standard InChI is InChI=1S/C39H39NO5S.C20H25NO5S.C17H20O4.3CH4/c1-44-38(43)36-33-25-24-32(27-34(36)45-37(42)28-15-6-2-7-16-28)40(33)35(41)23-14-26-46-39(29-17-8-3-9-18-29,30-19-10-4-11-20-30)31-21-12-5-13-22-31;1-25-20(24)18-15-10-9-14(21(15)17(22)8-5-11-27)12-16(18)26-19(23)13-6-3-2-4-7-13;1-20-17(19)15-13-8-7-11(9-13)10-14(15)21-16(18)12-5-3-2-4-6-12;;;/h2-13,15-22,32-34,36H,14,23-27H2,1H3;2-4,6-7,14-16,18,27H,5,8-12H2,1H3;2-6,11,13-15H,7-10H2,1H3;3*1H4/t32?,33?,34-,36+;14?,15?,16-,18+;11?,13?,14-,15+;;;/m000.../s1. The second-order valence-electron chi connectivity index (χ2n) is 25.0. The number of carbonyl (C=O) groups excluding carboxylic acids is 8. The number of thiol groups is 1. The largest absolute Gasteiger partial charge is 0.469 e. The summed E-state index contributed by atoms with van der Waals surface area (Å²) >= 11 is 6.02. The summed E-state index contributed by atoms with van der Waals surface area (Å²) in [5.74, 6) is -1.70. The van der Waals surface area contributed by atoms with Gasteiger partial charge < -0.3 is 38.2 Å². The average Bonchev–Trinajstić information content (AvgIpc) is 1.69. The number of fused-ring (bicyclic) bond motifs is 6. The van der Waals surface area contributed by atoms with Crippen molar-refractivity contribution < 1.29 is 66.8 Å². The molecule has 6 unspecified atom stereocenters. The van der Waals surface area contributed by atoms with Crippen LogP contribution in [0.25, 0.3) is 0 Å². The van der Waals surface area contributed by atoms with Crippen LogP contribution in [-0.4, -0.2) is 133 Å². The quantitative estimate of drug-likeness (QED) is 0.0249. The van der Waals surface area contributed by atoms with E-state index in [0.717, 1.165) is 50.7 Å². The van der Waals surface area contributed by atoms with Gasteiger partial charge in [-0.05, 0) is 134 Å². The first-order valence-corrected chi connectivity index (χ1v) is 34.4. The van der Waals surface area contributed by atoms with Crippen molar-refractivity contribution in [2.75, 3.05) is 32.8 Å². The van der Waals surface area contributed by atoms with E-state index in [0.29, 0.717) is 79.2 Å². The van der Waals surface area contributed by atoms with Gasteiger partial charge in [0.25, 0.3) is 0 Å². The van der Waals surface area contributed by atoms with Crippen molar-refractivity contribution in [3.05, 3.63) is 215 Å². The molecule has 2 amide bonds. The zero-order chi connectivity index (χ0) is 66.1. The summed E-state index contributed by atoms with van der Waals surface area (Å²) in [5.41, 5.74) is 4.98. The first kappa shape index (κ1) is 76.2. The van der Waals surface area contributed by atoms with Crippen LogP contribution in [0.5, 0.6) is 0 Å². The van der Waals surface area contributed by atoms with E-state index < -0.39 is 52.7 Å². The maximum atomic E-state index is 13.9. The minimum atomic E-state index is -0.711. The van der Waals surface area contributed by atoms with Gasteiger partial charge in [-0.3, -0.25) is 24.0 Å². The van der Waals surface area contributed by atoms with E-state index in [2.05, 4.69) is 85.4 Å². The van der Waals surface area contributed by atoms with Gasteiger partial charge in [-0.2, -0.15) is 12.6 Å². The molecular formula is C79H96N2O14S2. The molecule has 97 heavy (non-hydrogen) atoms. The number of esters is 6. The monoisotopic (exact) mass is 1360 g/mol. The molecule has 16 nitrogen and oxygen atoms in total. The van der Waals surface area contributed by atoms with Gasteiger partial charge >= 0.3 is 35.8 Å². The number of benzene rings is 6. The summed E-state index contributed by atoms with van der Waals surface area (Å²) in [7, 11) is 4.08. The van der Waals surface area contributed by atoms with Gasteiger partial charge in [-0.1, -0.05) is 174 Å². The number of ether oxygens (including phenoxy) is 6. The summed E-state index contributed by atoms with van der Waals surface area (Å²) in [6, 6.07) is 57.4. The molecule has 0 N–H and O–H groups in total. The number of piperidine rings is 2. The first-order valence-electron chi connectivity index (χ1n) is 32.8. The number of hydrogen-bond donors (Lipinski definition) is 1. The predicted octanol–water partition coefficient (Wildman–Crippen LogP) is 14.5. The van der Waals surface area contributed by atoms with Crippen LogP contribution in [0.4, 0.5) is 0 Å². The molecule has 12 atom stereocenters. The average molecular weight is 1360 g/mol. The van der Waals surface area contributed by atoms with Gasteiger partial charge in [0.05, 0.1) is 48.7 Å². The van der Waals surface area contributed by atoms with Gasteiger partial charge in [-0.25, -0.2) is 14.4 Å². The van der Waals surface area contributed by atoms with Crippen LogP contribution in [-0.2, 0) is 57.1 Å². The number of hydrogen-bond acceptors (Lipinski definition) is 16. The number of carbonyl (C=O) groups is 8. The highest BCUT2D eigenvalue weighted by atomic mass is 32.2. The minimum absolute atomic E-state index is 0. The van der Waals surface area contributed by atoms with E-state index in [9.17, 15) is 38.4 Å². The molecule has 18 heteroatoms. The maximum Gasteiger partial charge on any atom is 0.338 e. The number of amides is 2. The zero-order valence-electron chi connectivity index (χ0n) is 53.5. The number of methoxy groups -OCH3 is 3. The normalized spacial score (nSPS) is 23.8. The fourth-order valence-corrected chi connectivity index (χ4v) is 17.0. The summed E-state index contributed by atoms with van der Waals surface area (Å²) < 4.78 is 31.9. The van der Waals surface area contributed by atoms with Gasteiger partial charge in [0.15, 0.2) is 0 Å². The topological polar surface area (TPSA) is 198 Å². The second-order valence-corrected chi connectivity index (χ2v) is 26.7. The molecule has 6 aliphatic rings. The summed E-state index contributed by atoms with van der Waals surface area (Å²) in [5, 5.41) is 0. The molecule has 0 aromatic heterocycles. The van der Waals surface area contributed by atoms with Crippen molar-refractivity contribution in [2.45, 2.75) is 159 Å². The molecule has 2 saturated carbocycles. The second kappa shape index (κ2) is 36.4. The smallest absolute Gasteiger partial charge is 0.338 e. The van der Waals surface area contributed by atoms with Crippen LogP contribution in [0, 0.1) is 29.6 Å². The van der Waals surface area contributed by atoms with Crippen molar-refractivity contribution in [2.24, 2.45) is 29.6 Å². The summed E-state index contributed by atoms with van der Waals surface area (Å²) in [6.45, 7) is 0. The van der Waals surface area contributed by atoms with Crippen molar-refractivity contribution in [1.82, 2.24) is 9.80 Å². The van der Waals surface area contributed by atoms with Crippen molar-refractivity contribution in [1.29, 1.82) is 0 Å². The molecule has 6 aromatic carbocycles. The van der Waals surface area contributed by atoms with Crippen LogP contribution in [0.3, 0.4) is 0 Å². The van der Waals surface area contributed by atoms with Crippen LogP contribution < -0.4 is 0 Å². The number of rotatable bonds is 20. The molecule has 6 fully saturated rings. The Morgan fingerprint density at radius 2 is 0.763 bits per heavy atom. The zero-order valence-corrected chi connectivity index (χ0v) is 55.2. The molecule has 0 radical (unpaired) electrons. The summed E-state index contributed by atoms with van der Waals surface area (Å²) in [4.78, 5) is 106. The lowest BCUT2D eigenvalue weighted by Crippen LogP contribution is -2.56. The van der Waals surface area contributed by atoms with E-state index in [1.54, 1.807) is 72.8 Å². The van der Waals surface area contributed by atoms with Crippen LogP contribution in [0.1, 0.15) is 160 Å². The van der Waals surface area contributed by atoms with E-state index in [1.165, 1.54) is 38.0 Å². The molecule has 4 aliphatic heterocycles.